The van der Waals surface area contributed by atoms with E-state index >= 15 is 0 Å². The normalized spacial score (nSPS) is 12.6. The Balaban J connectivity index is 3.71. The van der Waals surface area contributed by atoms with Crippen LogP contribution in [-0.4, -0.2) is 38.0 Å². The third-order valence-electron chi connectivity index (χ3n) is 2.01. The molecule has 5 nitrogen and oxygen atoms in total. The molecule has 0 saturated carbocycles. The molecule has 0 bridgehead atoms. The molecular weight excluding hydrogens is 275 g/mol. The van der Waals surface area contributed by atoms with E-state index in [0.29, 0.717) is 12.8 Å². The van der Waals surface area contributed by atoms with Crippen molar-refractivity contribution < 1.29 is 31.5 Å². The van der Waals surface area contributed by atoms with Crippen molar-refractivity contribution in [2.24, 2.45) is 0 Å². The van der Waals surface area contributed by atoms with E-state index in [0.717, 1.165) is 0 Å². The number of nitrogens with one attached hydrogen (secondary N) is 1. The van der Waals surface area contributed by atoms with Gasteiger partial charge in [0, 0.05) is 19.4 Å². The van der Waals surface area contributed by atoms with Crippen LogP contribution in [0.25, 0.3) is 0 Å². The lowest BCUT2D eigenvalue weighted by Gasteiger charge is -2.08. The van der Waals surface area contributed by atoms with Gasteiger partial charge in [0.2, 0.25) is 10.0 Å². The minimum absolute atomic E-state index is 0.0433. The van der Waals surface area contributed by atoms with Crippen molar-refractivity contribution >= 4 is 16.0 Å². The smallest absolute Gasteiger partial charge is 0.389 e. The van der Waals surface area contributed by atoms with Crippen LogP contribution in [-0.2, 0) is 14.8 Å². The van der Waals surface area contributed by atoms with Crippen LogP contribution in [0.4, 0.5) is 13.2 Å². The molecule has 2 N–H and O–H groups in total. The summed E-state index contributed by atoms with van der Waals surface area (Å²) in [4.78, 5) is 10.1. The number of carboxylic acid groups (broad SMARTS) is 1. The first-order valence-electron chi connectivity index (χ1n) is 5.38. The second-order valence-electron chi connectivity index (χ2n) is 3.78. The summed E-state index contributed by atoms with van der Waals surface area (Å²) in [5, 5.41) is 8.32. The van der Waals surface area contributed by atoms with Crippen molar-refractivity contribution in [2.75, 3.05) is 12.3 Å². The molecule has 0 atom stereocenters. The van der Waals surface area contributed by atoms with E-state index in [1.54, 1.807) is 0 Å². The molecule has 0 heterocycles. The Hall–Kier alpha value is -0.830. The third kappa shape index (κ3) is 11.6. The van der Waals surface area contributed by atoms with Gasteiger partial charge in [-0.3, -0.25) is 4.79 Å². The maximum Gasteiger partial charge on any atom is 0.389 e. The molecule has 0 aromatic rings. The van der Waals surface area contributed by atoms with Crippen LogP contribution < -0.4 is 4.72 Å². The maximum atomic E-state index is 11.8. The largest absolute Gasteiger partial charge is 0.481 e. The van der Waals surface area contributed by atoms with E-state index in [1.807, 2.05) is 0 Å². The number of unbranched alkanes of at least 4 members (excludes halogenated alkanes) is 1. The standard InChI is InChI=1S/C9H16F3NO4S/c10-9(11,12)5-3-7-18(16,17)13-6-2-1-4-8(14)15/h13H,1-7H2,(H,14,15). The highest BCUT2D eigenvalue weighted by atomic mass is 32.2. The van der Waals surface area contributed by atoms with Crippen LogP contribution in [0.15, 0.2) is 0 Å². The van der Waals surface area contributed by atoms with Gasteiger partial charge in [-0.2, -0.15) is 13.2 Å². The lowest BCUT2D eigenvalue weighted by Crippen LogP contribution is -2.28. The molecule has 0 aliphatic carbocycles. The Morgan fingerprint density at radius 2 is 1.78 bits per heavy atom. The van der Waals surface area contributed by atoms with Gasteiger partial charge in [0.15, 0.2) is 0 Å². The Kier molecular flexibility index (Phi) is 7.22. The van der Waals surface area contributed by atoms with E-state index in [-0.39, 0.29) is 13.0 Å². The lowest BCUT2D eigenvalue weighted by atomic mass is 10.2. The molecule has 0 fully saturated rings. The van der Waals surface area contributed by atoms with E-state index in [9.17, 15) is 26.4 Å². The summed E-state index contributed by atoms with van der Waals surface area (Å²) in [6.45, 7) is 0.0433. The second kappa shape index (κ2) is 7.57. The molecule has 0 aliphatic heterocycles. The fraction of sp³-hybridized carbons (Fsp3) is 0.889. The fourth-order valence-electron chi connectivity index (χ4n) is 1.16. The highest BCUT2D eigenvalue weighted by molar-refractivity contribution is 7.89. The number of aliphatic carboxylic acids is 1. The highest BCUT2D eigenvalue weighted by Crippen LogP contribution is 2.21. The third-order valence-corrected chi connectivity index (χ3v) is 3.48. The molecule has 9 heteroatoms. The van der Waals surface area contributed by atoms with Crippen LogP contribution in [0.5, 0.6) is 0 Å². The number of alkyl halides is 3. The summed E-state index contributed by atoms with van der Waals surface area (Å²) in [5.74, 6) is -1.55. The average Bonchev–Trinajstić information content (AvgIpc) is 2.13. The van der Waals surface area contributed by atoms with E-state index in [2.05, 4.69) is 4.72 Å². The molecule has 0 amide bonds. The zero-order valence-corrected chi connectivity index (χ0v) is 10.5. The average molecular weight is 291 g/mol. The van der Waals surface area contributed by atoms with Gasteiger partial charge in [0.05, 0.1) is 5.75 Å². The molecule has 108 valence electrons. The number of hydrogen-bond acceptors (Lipinski definition) is 3. The van der Waals surface area contributed by atoms with Crippen molar-refractivity contribution in [1.29, 1.82) is 0 Å². The molecule has 0 saturated heterocycles. The Labute approximate surface area is 103 Å². The summed E-state index contributed by atoms with van der Waals surface area (Å²) < 4.78 is 59.9. The molecule has 0 aliphatic rings. The molecule has 0 rings (SSSR count). The minimum Gasteiger partial charge on any atom is -0.481 e. The van der Waals surface area contributed by atoms with Gasteiger partial charge in [-0.15, -0.1) is 0 Å². The predicted molar refractivity (Wildman–Crippen MR) is 58.6 cm³/mol. The molecule has 0 aromatic heterocycles. The first-order valence-corrected chi connectivity index (χ1v) is 7.03. The quantitative estimate of drug-likeness (QED) is 0.631. The Morgan fingerprint density at radius 3 is 2.28 bits per heavy atom. The summed E-state index contributed by atoms with van der Waals surface area (Å²) in [7, 11) is -3.70. The van der Waals surface area contributed by atoms with Crippen LogP contribution in [0.2, 0.25) is 0 Å². The lowest BCUT2D eigenvalue weighted by molar-refractivity contribution is -0.137. The van der Waals surface area contributed by atoms with Crippen molar-refractivity contribution in [3.63, 3.8) is 0 Å². The van der Waals surface area contributed by atoms with Gasteiger partial charge in [-0.05, 0) is 19.3 Å². The summed E-state index contributed by atoms with van der Waals surface area (Å²) in [5.41, 5.74) is 0. The van der Waals surface area contributed by atoms with Crippen molar-refractivity contribution in [2.45, 2.75) is 38.3 Å². The number of halogens is 3. The van der Waals surface area contributed by atoms with Crippen molar-refractivity contribution in [3.8, 4) is 0 Å². The first-order chi connectivity index (χ1) is 8.12. The van der Waals surface area contributed by atoms with Crippen LogP contribution in [0, 0.1) is 0 Å². The second-order valence-corrected chi connectivity index (χ2v) is 5.71. The monoisotopic (exact) mass is 291 g/mol. The van der Waals surface area contributed by atoms with Gasteiger partial charge < -0.3 is 5.11 Å². The van der Waals surface area contributed by atoms with Crippen LogP contribution >= 0.6 is 0 Å². The Bertz CT molecular complexity index is 353. The number of carboxylic acids is 1. The number of hydrogen-bond donors (Lipinski definition) is 2. The van der Waals surface area contributed by atoms with E-state index in [1.165, 1.54) is 0 Å². The first kappa shape index (κ1) is 17.2. The number of carbonyl (C=O) groups is 1. The van der Waals surface area contributed by atoms with Crippen molar-refractivity contribution in [3.05, 3.63) is 0 Å². The van der Waals surface area contributed by atoms with Gasteiger partial charge in [-0.25, -0.2) is 13.1 Å². The highest BCUT2D eigenvalue weighted by Gasteiger charge is 2.27. The Morgan fingerprint density at radius 1 is 1.17 bits per heavy atom. The van der Waals surface area contributed by atoms with Crippen molar-refractivity contribution in [1.82, 2.24) is 4.72 Å². The van der Waals surface area contributed by atoms with E-state index < -0.39 is 40.8 Å². The predicted octanol–water partition coefficient (Wildman–Crippen LogP) is 1.50. The maximum absolute atomic E-state index is 11.8. The molecule has 0 unspecified atom stereocenters. The molecule has 18 heavy (non-hydrogen) atoms. The SMILES string of the molecule is O=C(O)CCCCNS(=O)(=O)CCCC(F)(F)F. The van der Waals surface area contributed by atoms with E-state index in [4.69, 9.17) is 5.11 Å². The van der Waals surface area contributed by atoms with Gasteiger partial charge in [0.25, 0.3) is 0 Å². The molecule has 0 radical (unpaired) electrons. The van der Waals surface area contributed by atoms with Gasteiger partial charge >= 0.3 is 12.1 Å². The number of sulfonamides is 1. The topological polar surface area (TPSA) is 83.5 Å². The molecule has 0 aromatic carbocycles. The zero-order chi connectivity index (χ0) is 14.2. The summed E-state index contributed by atoms with van der Waals surface area (Å²) in [6, 6.07) is 0. The fourth-order valence-corrected chi connectivity index (χ4v) is 2.29. The summed E-state index contributed by atoms with van der Waals surface area (Å²) in [6.07, 6.45) is -5.36. The summed E-state index contributed by atoms with van der Waals surface area (Å²) >= 11 is 0. The van der Waals surface area contributed by atoms with Gasteiger partial charge in [-0.1, -0.05) is 0 Å². The zero-order valence-electron chi connectivity index (χ0n) is 9.66. The van der Waals surface area contributed by atoms with Gasteiger partial charge in [0.1, 0.15) is 0 Å². The number of rotatable bonds is 9. The van der Waals surface area contributed by atoms with Crippen LogP contribution in [0.3, 0.4) is 0 Å². The minimum atomic E-state index is -4.35. The molecule has 0 spiro atoms. The van der Waals surface area contributed by atoms with Crippen LogP contribution in [0.1, 0.15) is 32.1 Å². The molecular formula is C9H16F3NO4S.